The first-order valence-electron chi connectivity index (χ1n) is 10.3. The number of nitrogens with one attached hydrogen (secondary N) is 1. The highest BCUT2D eigenvalue weighted by atomic mass is 16.5. The van der Waals surface area contributed by atoms with E-state index in [2.05, 4.69) is 11.9 Å². The first-order chi connectivity index (χ1) is 14.7. The third-order valence-electron chi connectivity index (χ3n) is 6.19. The monoisotopic (exact) mass is 421 g/mol. The van der Waals surface area contributed by atoms with Crippen LogP contribution in [0, 0.1) is 0 Å². The van der Waals surface area contributed by atoms with Crippen LogP contribution in [0.2, 0.25) is 0 Å². The number of aliphatic hydroxyl groups excluding tert-OH is 1. The Bertz CT molecular complexity index is 1060. The summed E-state index contributed by atoms with van der Waals surface area (Å²) < 4.78 is 6.11. The van der Waals surface area contributed by atoms with Gasteiger partial charge < -0.3 is 25.4 Å². The van der Waals surface area contributed by atoms with Gasteiger partial charge in [0.2, 0.25) is 0 Å². The average molecular weight is 421 g/mol. The van der Waals surface area contributed by atoms with E-state index in [1.807, 2.05) is 19.9 Å². The summed E-state index contributed by atoms with van der Waals surface area (Å²) in [5.74, 6) is -0.948. The molecule has 31 heavy (non-hydrogen) atoms. The predicted octanol–water partition coefficient (Wildman–Crippen LogP) is 3.47. The molecular weight excluding hydrogens is 394 g/mol. The van der Waals surface area contributed by atoms with Gasteiger partial charge in [0.1, 0.15) is 5.75 Å². The number of aromatic hydroxyl groups is 1. The molecule has 1 amide bonds. The van der Waals surface area contributed by atoms with E-state index in [4.69, 9.17) is 4.74 Å². The van der Waals surface area contributed by atoms with Gasteiger partial charge in [-0.1, -0.05) is 54.6 Å². The van der Waals surface area contributed by atoms with Crippen LogP contribution in [0.1, 0.15) is 43.4 Å². The number of hydrogen-bond acceptors (Lipinski definition) is 5. The van der Waals surface area contributed by atoms with Crippen LogP contribution >= 0.6 is 0 Å². The van der Waals surface area contributed by atoms with E-state index in [1.165, 1.54) is 0 Å². The third-order valence-corrected chi connectivity index (χ3v) is 6.19. The van der Waals surface area contributed by atoms with Gasteiger partial charge >= 0.3 is 0 Å². The number of amides is 1. The average Bonchev–Trinajstić information content (AvgIpc) is 3.15. The van der Waals surface area contributed by atoms with E-state index in [0.29, 0.717) is 11.1 Å². The number of anilines is 1. The van der Waals surface area contributed by atoms with Crippen LogP contribution in [0.15, 0.2) is 60.7 Å². The fourth-order valence-electron chi connectivity index (χ4n) is 4.35. The lowest BCUT2D eigenvalue weighted by Gasteiger charge is -2.39. The summed E-state index contributed by atoms with van der Waals surface area (Å²) in [5, 5.41) is 35.8. The molecule has 0 bridgehead atoms. The van der Waals surface area contributed by atoms with Gasteiger partial charge in [-0.25, -0.2) is 0 Å². The van der Waals surface area contributed by atoms with Crippen molar-refractivity contribution in [2.75, 3.05) is 5.32 Å². The summed E-state index contributed by atoms with van der Waals surface area (Å²) in [5.41, 5.74) is -0.551. The molecule has 0 aromatic heterocycles. The SMILES string of the molecule is C=C(C)[C@@H]1CC[C@](C)(/C=C/c2ccc3c(c2O)[C@@](O)(c2ccccc2)[C@H](O)C(=O)N3)O1. The molecule has 0 aliphatic carbocycles. The summed E-state index contributed by atoms with van der Waals surface area (Å²) in [4.78, 5) is 12.3. The Hall–Kier alpha value is -2.93. The molecule has 0 spiro atoms. The smallest absolute Gasteiger partial charge is 0.256 e. The van der Waals surface area contributed by atoms with Crippen LogP contribution in [-0.2, 0) is 15.1 Å². The molecule has 162 valence electrons. The van der Waals surface area contributed by atoms with Gasteiger partial charge in [0.25, 0.3) is 5.91 Å². The number of rotatable bonds is 4. The molecule has 0 unspecified atom stereocenters. The minimum absolute atomic E-state index is 0.000288. The first kappa shape index (κ1) is 21.3. The van der Waals surface area contributed by atoms with Crippen LogP contribution in [0.25, 0.3) is 6.08 Å². The van der Waals surface area contributed by atoms with Crippen molar-refractivity contribution in [1.29, 1.82) is 0 Å². The van der Waals surface area contributed by atoms with E-state index in [1.54, 1.807) is 48.5 Å². The molecule has 4 rings (SSSR count). The second-order valence-corrected chi connectivity index (χ2v) is 8.59. The summed E-state index contributed by atoms with van der Waals surface area (Å²) in [6.45, 7) is 7.89. The van der Waals surface area contributed by atoms with E-state index < -0.39 is 23.2 Å². The minimum Gasteiger partial charge on any atom is -0.507 e. The molecule has 1 fully saturated rings. The molecule has 4 atom stereocenters. The summed E-state index contributed by atoms with van der Waals surface area (Å²) in [6, 6.07) is 11.6. The predicted molar refractivity (Wildman–Crippen MR) is 119 cm³/mol. The molecule has 0 radical (unpaired) electrons. The fraction of sp³-hybridized carbons (Fsp3) is 0.320. The highest BCUT2D eigenvalue weighted by molar-refractivity contribution is 6.00. The molecule has 6 heteroatoms. The van der Waals surface area contributed by atoms with Crippen molar-refractivity contribution in [3.63, 3.8) is 0 Å². The summed E-state index contributed by atoms with van der Waals surface area (Å²) in [7, 11) is 0. The Labute approximate surface area is 181 Å². The number of aliphatic hydroxyl groups is 2. The normalized spacial score (nSPS) is 30.3. The third kappa shape index (κ3) is 3.57. The van der Waals surface area contributed by atoms with Gasteiger partial charge in [-0.15, -0.1) is 0 Å². The van der Waals surface area contributed by atoms with E-state index in [-0.39, 0.29) is 23.1 Å². The topological polar surface area (TPSA) is 99.0 Å². The zero-order chi connectivity index (χ0) is 22.4. The van der Waals surface area contributed by atoms with E-state index >= 15 is 0 Å². The van der Waals surface area contributed by atoms with Crippen molar-refractivity contribution in [1.82, 2.24) is 0 Å². The Kier molecular flexibility index (Phi) is 5.25. The molecule has 0 saturated carbocycles. The Balaban J connectivity index is 1.77. The number of ether oxygens (including phenoxy) is 1. The molecule has 2 aliphatic heterocycles. The molecule has 4 N–H and O–H groups in total. The largest absolute Gasteiger partial charge is 0.507 e. The Morgan fingerprint density at radius 3 is 2.61 bits per heavy atom. The van der Waals surface area contributed by atoms with Crippen molar-refractivity contribution in [3.8, 4) is 5.75 Å². The number of hydrogen-bond donors (Lipinski definition) is 4. The molecule has 1 saturated heterocycles. The fourth-order valence-corrected chi connectivity index (χ4v) is 4.35. The van der Waals surface area contributed by atoms with Crippen molar-refractivity contribution >= 4 is 17.7 Å². The van der Waals surface area contributed by atoms with Gasteiger partial charge in [-0.2, -0.15) is 0 Å². The van der Waals surface area contributed by atoms with E-state index in [9.17, 15) is 20.1 Å². The molecule has 2 aromatic carbocycles. The summed E-state index contributed by atoms with van der Waals surface area (Å²) in [6.07, 6.45) is 3.54. The van der Waals surface area contributed by atoms with Gasteiger partial charge in [-0.3, -0.25) is 4.79 Å². The van der Waals surface area contributed by atoms with Gasteiger partial charge in [0.05, 0.1) is 23.0 Å². The van der Waals surface area contributed by atoms with Crippen molar-refractivity contribution in [2.24, 2.45) is 0 Å². The number of benzene rings is 2. The highest BCUT2D eigenvalue weighted by Crippen LogP contribution is 2.47. The van der Waals surface area contributed by atoms with Crippen LogP contribution in [-0.4, -0.2) is 39.0 Å². The summed E-state index contributed by atoms with van der Waals surface area (Å²) >= 11 is 0. The highest BCUT2D eigenvalue weighted by Gasteiger charge is 2.50. The maximum absolute atomic E-state index is 12.3. The van der Waals surface area contributed by atoms with Crippen molar-refractivity contribution < 1.29 is 24.9 Å². The lowest BCUT2D eigenvalue weighted by molar-refractivity contribution is -0.138. The Morgan fingerprint density at radius 2 is 1.97 bits per heavy atom. The van der Waals surface area contributed by atoms with Gasteiger partial charge in [-0.05, 0) is 44.4 Å². The maximum Gasteiger partial charge on any atom is 0.256 e. The molecule has 6 nitrogen and oxygen atoms in total. The second kappa shape index (κ2) is 7.64. The number of carbonyl (C=O) groups is 1. The standard InChI is InChI=1S/C25H27NO5/c1-15(2)19-12-14-24(3,31-19)13-11-16-9-10-18-20(21(16)27)25(30,22(28)23(29)26-18)17-7-5-4-6-8-17/h4-11,13,19,22,27-28,30H,1,12,14H2,2-3H3,(H,26,29)/b13-11+/t19-,22+,24-,25-/m0/s1. The van der Waals surface area contributed by atoms with Crippen LogP contribution < -0.4 is 5.32 Å². The van der Waals surface area contributed by atoms with E-state index in [0.717, 1.165) is 18.4 Å². The van der Waals surface area contributed by atoms with Crippen LogP contribution in [0.5, 0.6) is 5.75 Å². The van der Waals surface area contributed by atoms with Crippen LogP contribution in [0.4, 0.5) is 5.69 Å². The zero-order valence-electron chi connectivity index (χ0n) is 17.6. The minimum atomic E-state index is -2.09. The molecular formula is C25H27NO5. The number of fused-ring (bicyclic) bond motifs is 1. The maximum atomic E-state index is 12.3. The molecule has 2 aromatic rings. The number of phenolic OH excluding ortho intramolecular Hbond substituents is 1. The molecule has 2 aliphatic rings. The van der Waals surface area contributed by atoms with Crippen molar-refractivity contribution in [2.45, 2.75) is 50.1 Å². The number of carbonyl (C=O) groups excluding carboxylic acids is 1. The quantitative estimate of drug-likeness (QED) is 0.567. The lowest BCUT2D eigenvalue weighted by atomic mass is 9.77. The lowest BCUT2D eigenvalue weighted by Crippen LogP contribution is -2.51. The number of phenols is 1. The van der Waals surface area contributed by atoms with Crippen LogP contribution in [0.3, 0.4) is 0 Å². The second-order valence-electron chi connectivity index (χ2n) is 8.59. The first-order valence-corrected chi connectivity index (χ1v) is 10.3. The van der Waals surface area contributed by atoms with Crippen molar-refractivity contribution in [3.05, 3.63) is 77.4 Å². The van der Waals surface area contributed by atoms with Gasteiger partial charge in [0, 0.05) is 5.56 Å². The molecule has 2 heterocycles. The zero-order valence-corrected chi connectivity index (χ0v) is 17.6. The van der Waals surface area contributed by atoms with Gasteiger partial charge in [0.15, 0.2) is 11.7 Å². The Morgan fingerprint density at radius 1 is 1.26 bits per heavy atom.